The number of ether oxygens (including phenoxy) is 2. The molecule has 90 valence electrons. The number of carbonyl (C=O) groups is 1. The van der Waals surface area contributed by atoms with Crippen LogP contribution in [0.1, 0.15) is 45.4 Å². The van der Waals surface area contributed by atoms with Crippen molar-refractivity contribution in [1.82, 2.24) is 0 Å². The molecule has 0 rings (SSSR count). The Balaban J connectivity index is 3.48. The average molecular weight is 216 g/mol. The highest BCUT2D eigenvalue weighted by Gasteiger charge is 2.07. The van der Waals surface area contributed by atoms with Crippen LogP contribution in [0.5, 0.6) is 0 Å². The molecule has 0 saturated heterocycles. The van der Waals surface area contributed by atoms with Crippen LogP contribution >= 0.6 is 0 Å². The Labute approximate surface area is 93.1 Å². The predicted molar refractivity (Wildman–Crippen MR) is 60.8 cm³/mol. The van der Waals surface area contributed by atoms with E-state index in [9.17, 15) is 4.79 Å². The minimum Gasteiger partial charge on any atom is -0.469 e. The Morgan fingerprint density at radius 2 is 1.93 bits per heavy atom. The lowest BCUT2D eigenvalue weighted by Gasteiger charge is -2.14. The topological polar surface area (TPSA) is 35.5 Å². The Kier molecular flexibility index (Phi) is 9.59. The molecule has 0 fully saturated rings. The molecule has 0 aromatic heterocycles. The molecular formula is C12H24O3. The van der Waals surface area contributed by atoms with Crippen LogP contribution in [0, 0.1) is 5.92 Å². The van der Waals surface area contributed by atoms with Crippen molar-refractivity contribution in [3.05, 3.63) is 0 Å². The standard InChI is InChI=1S/C12H24O3/c1-4-7-11(10-14-2)8-5-6-9-12(13)15-3/h11H,4-10H2,1-3H3/t11-/m0/s1. The van der Waals surface area contributed by atoms with Gasteiger partial charge in [0, 0.05) is 20.1 Å². The van der Waals surface area contributed by atoms with E-state index in [4.69, 9.17) is 4.74 Å². The van der Waals surface area contributed by atoms with Gasteiger partial charge in [-0.15, -0.1) is 0 Å². The van der Waals surface area contributed by atoms with Gasteiger partial charge in [0.15, 0.2) is 0 Å². The average Bonchev–Trinajstić information content (AvgIpc) is 2.24. The maximum absolute atomic E-state index is 10.9. The molecule has 0 aromatic rings. The predicted octanol–water partition coefficient (Wildman–Crippen LogP) is 2.78. The Hall–Kier alpha value is -0.570. The van der Waals surface area contributed by atoms with Crippen LogP contribution in [0.25, 0.3) is 0 Å². The maximum atomic E-state index is 10.9. The Morgan fingerprint density at radius 3 is 2.47 bits per heavy atom. The molecule has 0 aliphatic rings. The van der Waals surface area contributed by atoms with E-state index in [0.29, 0.717) is 12.3 Å². The summed E-state index contributed by atoms with van der Waals surface area (Å²) in [5.74, 6) is 0.548. The number of rotatable bonds is 9. The Bertz CT molecular complexity index is 151. The van der Waals surface area contributed by atoms with Gasteiger partial charge in [0.2, 0.25) is 0 Å². The van der Waals surface area contributed by atoms with Gasteiger partial charge in [0.25, 0.3) is 0 Å². The summed E-state index contributed by atoms with van der Waals surface area (Å²) in [4.78, 5) is 10.9. The first-order valence-corrected chi connectivity index (χ1v) is 5.80. The van der Waals surface area contributed by atoms with Crippen molar-refractivity contribution >= 4 is 5.97 Å². The van der Waals surface area contributed by atoms with E-state index < -0.39 is 0 Å². The van der Waals surface area contributed by atoms with Crippen LogP contribution in [0.3, 0.4) is 0 Å². The molecule has 0 bridgehead atoms. The summed E-state index contributed by atoms with van der Waals surface area (Å²) in [7, 11) is 3.18. The molecule has 0 unspecified atom stereocenters. The third-order valence-corrected chi connectivity index (χ3v) is 2.57. The summed E-state index contributed by atoms with van der Waals surface area (Å²) in [6.45, 7) is 3.03. The van der Waals surface area contributed by atoms with Gasteiger partial charge in [-0.05, 0) is 25.2 Å². The Morgan fingerprint density at radius 1 is 1.20 bits per heavy atom. The van der Waals surface area contributed by atoms with Gasteiger partial charge in [0.1, 0.15) is 0 Å². The fourth-order valence-electron chi connectivity index (χ4n) is 1.76. The molecule has 0 heterocycles. The van der Waals surface area contributed by atoms with Crippen LogP contribution < -0.4 is 0 Å². The third kappa shape index (κ3) is 8.43. The zero-order valence-electron chi connectivity index (χ0n) is 10.3. The molecule has 0 radical (unpaired) electrons. The summed E-state index contributed by atoms with van der Waals surface area (Å²) in [6, 6.07) is 0. The lowest BCUT2D eigenvalue weighted by molar-refractivity contribution is -0.140. The molecule has 3 heteroatoms. The highest BCUT2D eigenvalue weighted by molar-refractivity contribution is 5.68. The van der Waals surface area contributed by atoms with Crippen molar-refractivity contribution in [2.45, 2.75) is 45.4 Å². The van der Waals surface area contributed by atoms with Gasteiger partial charge in [-0.1, -0.05) is 19.8 Å². The maximum Gasteiger partial charge on any atom is 0.305 e. The van der Waals surface area contributed by atoms with Crippen molar-refractivity contribution in [3.63, 3.8) is 0 Å². The molecule has 0 saturated carbocycles. The zero-order valence-corrected chi connectivity index (χ0v) is 10.3. The lowest BCUT2D eigenvalue weighted by atomic mass is 9.97. The van der Waals surface area contributed by atoms with Crippen LogP contribution in [0.4, 0.5) is 0 Å². The largest absolute Gasteiger partial charge is 0.469 e. The summed E-state index contributed by atoms with van der Waals surface area (Å²) >= 11 is 0. The summed E-state index contributed by atoms with van der Waals surface area (Å²) in [5.41, 5.74) is 0. The summed E-state index contributed by atoms with van der Waals surface area (Å²) in [5, 5.41) is 0. The van der Waals surface area contributed by atoms with Crippen molar-refractivity contribution in [1.29, 1.82) is 0 Å². The molecular weight excluding hydrogens is 192 g/mol. The highest BCUT2D eigenvalue weighted by Crippen LogP contribution is 2.15. The molecule has 1 atom stereocenters. The smallest absolute Gasteiger partial charge is 0.305 e. The summed E-state index contributed by atoms with van der Waals surface area (Å²) < 4.78 is 9.75. The monoisotopic (exact) mass is 216 g/mol. The molecule has 0 spiro atoms. The second kappa shape index (κ2) is 9.97. The third-order valence-electron chi connectivity index (χ3n) is 2.57. The first-order valence-electron chi connectivity index (χ1n) is 5.80. The van der Waals surface area contributed by atoms with Crippen molar-refractivity contribution in [2.75, 3.05) is 20.8 Å². The van der Waals surface area contributed by atoms with E-state index >= 15 is 0 Å². The van der Waals surface area contributed by atoms with E-state index in [1.54, 1.807) is 7.11 Å². The molecule has 0 aliphatic heterocycles. The van der Waals surface area contributed by atoms with Crippen LogP contribution in [-0.2, 0) is 14.3 Å². The van der Waals surface area contributed by atoms with Crippen LogP contribution in [-0.4, -0.2) is 26.8 Å². The number of carbonyl (C=O) groups excluding carboxylic acids is 1. The molecule has 0 aromatic carbocycles. The van der Waals surface area contributed by atoms with E-state index in [1.165, 1.54) is 20.0 Å². The number of hydrogen-bond donors (Lipinski definition) is 0. The second-order valence-corrected chi connectivity index (χ2v) is 3.93. The fourth-order valence-corrected chi connectivity index (χ4v) is 1.76. The molecule has 3 nitrogen and oxygen atoms in total. The van der Waals surface area contributed by atoms with Gasteiger partial charge < -0.3 is 9.47 Å². The lowest BCUT2D eigenvalue weighted by Crippen LogP contribution is -2.08. The van der Waals surface area contributed by atoms with E-state index in [2.05, 4.69) is 11.7 Å². The first kappa shape index (κ1) is 14.4. The van der Waals surface area contributed by atoms with Crippen molar-refractivity contribution in [2.24, 2.45) is 5.92 Å². The van der Waals surface area contributed by atoms with E-state index in [0.717, 1.165) is 25.9 Å². The molecule has 0 amide bonds. The van der Waals surface area contributed by atoms with Crippen LogP contribution in [0.15, 0.2) is 0 Å². The number of hydrogen-bond acceptors (Lipinski definition) is 3. The van der Waals surface area contributed by atoms with E-state index in [1.807, 2.05) is 0 Å². The second-order valence-electron chi connectivity index (χ2n) is 3.93. The van der Waals surface area contributed by atoms with Gasteiger partial charge in [-0.3, -0.25) is 4.79 Å². The van der Waals surface area contributed by atoms with E-state index in [-0.39, 0.29) is 5.97 Å². The van der Waals surface area contributed by atoms with Crippen LogP contribution in [0.2, 0.25) is 0 Å². The molecule has 0 aliphatic carbocycles. The quantitative estimate of drug-likeness (QED) is 0.439. The minimum atomic E-state index is -0.103. The van der Waals surface area contributed by atoms with Gasteiger partial charge >= 0.3 is 5.97 Å². The SMILES string of the molecule is CCC[C@@H](CCCCC(=O)OC)COC. The van der Waals surface area contributed by atoms with Crippen molar-refractivity contribution < 1.29 is 14.3 Å². The number of methoxy groups -OCH3 is 2. The van der Waals surface area contributed by atoms with Gasteiger partial charge in [-0.25, -0.2) is 0 Å². The fraction of sp³-hybridized carbons (Fsp3) is 0.917. The number of unbranched alkanes of at least 4 members (excludes halogenated alkanes) is 1. The zero-order chi connectivity index (χ0) is 11.5. The van der Waals surface area contributed by atoms with Gasteiger partial charge in [-0.2, -0.15) is 0 Å². The van der Waals surface area contributed by atoms with Crippen molar-refractivity contribution in [3.8, 4) is 0 Å². The normalized spacial score (nSPS) is 12.5. The molecule has 15 heavy (non-hydrogen) atoms. The van der Waals surface area contributed by atoms with Gasteiger partial charge in [0.05, 0.1) is 7.11 Å². The molecule has 0 N–H and O–H groups in total. The number of esters is 1. The summed E-state index contributed by atoms with van der Waals surface area (Å²) in [6.07, 6.45) is 6.12. The highest BCUT2D eigenvalue weighted by atomic mass is 16.5. The minimum absolute atomic E-state index is 0.103. The first-order chi connectivity index (χ1) is 7.24.